The fourth-order valence-electron chi connectivity index (χ4n) is 5.16. The predicted molar refractivity (Wildman–Crippen MR) is 90.5 cm³/mol. The molecule has 122 valence electrons. The first kappa shape index (κ1) is 15.8. The Morgan fingerprint density at radius 1 is 0.667 bits per heavy atom. The highest BCUT2D eigenvalue weighted by Crippen LogP contribution is 2.34. The summed E-state index contributed by atoms with van der Waals surface area (Å²) in [6.07, 6.45) is 21.1. The zero-order valence-electron chi connectivity index (χ0n) is 14.0. The van der Waals surface area contributed by atoms with Gasteiger partial charge in [0.05, 0.1) is 0 Å². The van der Waals surface area contributed by atoms with Crippen LogP contribution in [0, 0.1) is 0 Å². The van der Waals surface area contributed by atoms with Crippen molar-refractivity contribution < 1.29 is 0 Å². The molecule has 0 aromatic heterocycles. The molecule has 0 unspecified atom stereocenters. The molecule has 3 aliphatic rings. The molecule has 0 heterocycles. The van der Waals surface area contributed by atoms with E-state index in [-0.39, 0.29) is 5.54 Å². The van der Waals surface area contributed by atoms with Gasteiger partial charge in [-0.3, -0.25) is 4.90 Å². The highest BCUT2D eigenvalue weighted by atomic mass is 15.2. The Morgan fingerprint density at radius 2 is 1.10 bits per heavy atom. The van der Waals surface area contributed by atoms with E-state index in [2.05, 4.69) is 4.90 Å². The molecule has 0 atom stereocenters. The standard InChI is InChI=1S/C19H36N2/c20-19(14-8-3-9-15-19)16-21(17-10-4-1-5-11-17)18-12-6-2-7-13-18/h17-18H,1-16,20H2. The van der Waals surface area contributed by atoms with Crippen LogP contribution in [-0.2, 0) is 0 Å². The average molecular weight is 293 g/mol. The van der Waals surface area contributed by atoms with Crippen molar-refractivity contribution in [2.75, 3.05) is 6.54 Å². The van der Waals surface area contributed by atoms with Gasteiger partial charge < -0.3 is 5.73 Å². The maximum atomic E-state index is 6.83. The minimum absolute atomic E-state index is 0.132. The third-order valence-electron chi connectivity index (χ3n) is 6.43. The van der Waals surface area contributed by atoms with E-state index in [4.69, 9.17) is 5.73 Å². The van der Waals surface area contributed by atoms with Gasteiger partial charge >= 0.3 is 0 Å². The zero-order valence-corrected chi connectivity index (χ0v) is 14.0. The largest absolute Gasteiger partial charge is 0.324 e. The molecule has 2 nitrogen and oxygen atoms in total. The molecule has 3 aliphatic carbocycles. The smallest absolute Gasteiger partial charge is 0.0283 e. The van der Waals surface area contributed by atoms with Crippen LogP contribution in [0.2, 0.25) is 0 Å². The van der Waals surface area contributed by atoms with Crippen LogP contribution in [0.25, 0.3) is 0 Å². The van der Waals surface area contributed by atoms with Gasteiger partial charge in [-0.25, -0.2) is 0 Å². The molecule has 2 N–H and O–H groups in total. The van der Waals surface area contributed by atoms with Crippen molar-refractivity contribution in [2.45, 2.75) is 114 Å². The van der Waals surface area contributed by atoms with E-state index < -0.39 is 0 Å². The number of hydrogen-bond donors (Lipinski definition) is 1. The molecule has 0 radical (unpaired) electrons. The lowest BCUT2D eigenvalue weighted by molar-refractivity contribution is 0.0478. The van der Waals surface area contributed by atoms with Crippen molar-refractivity contribution >= 4 is 0 Å². The van der Waals surface area contributed by atoms with Gasteiger partial charge in [0.15, 0.2) is 0 Å². The van der Waals surface area contributed by atoms with Gasteiger partial charge in [-0.05, 0) is 38.5 Å². The topological polar surface area (TPSA) is 29.3 Å². The molecule has 3 fully saturated rings. The lowest BCUT2D eigenvalue weighted by Gasteiger charge is -2.47. The van der Waals surface area contributed by atoms with Crippen molar-refractivity contribution in [3.05, 3.63) is 0 Å². The first-order valence-electron chi connectivity index (χ1n) is 9.81. The summed E-state index contributed by atoms with van der Waals surface area (Å²) >= 11 is 0. The number of rotatable bonds is 4. The van der Waals surface area contributed by atoms with E-state index in [1.54, 1.807) is 0 Å². The fraction of sp³-hybridized carbons (Fsp3) is 1.00. The summed E-state index contributed by atoms with van der Waals surface area (Å²) < 4.78 is 0. The van der Waals surface area contributed by atoms with Crippen molar-refractivity contribution in [1.29, 1.82) is 0 Å². The highest BCUT2D eigenvalue weighted by molar-refractivity contribution is 4.95. The monoisotopic (exact) mass is 292 g/mol. The minimum Gasteiger partial charge on any atom is -0.324 e. The quantitative estimate of drug-likeness (QED) is 0.819. The summed E-state index contributed by atoms with van der Waals surface area (Å²) in [6.45, 7) is 1.20. The number of nitrogens with two attached hydrogens (primary N) is 1. The van der Waals surface area contributed by atoms with E-state index in [1.165, 1.54) is 103 Å². The Balaban J connectivity index is 1.67. The van der Waals surface area contributed by atoms with Gasteiger partial charge in [-0.2, -0.15) is 0 Å². The molecule has 0 saturated heterocycles. The second kappa shape index (κ2) is 7.46. The number of nitrogens with zero attached hydrogens (tertiary/aromatic N) is 1. The SMILES string of the molecule is NC1(CN(C2CCCCC2)C2CCCCC2)CCCCC1. The van der Waals surface area contributed by atoms with E-state index >= 15 is 0 Å². The third-order valence-corrected chi connectivity index (χ3v) is 6.43. The van der Waals surface area contributed by atoms with Gasteiger partial charge in [0, 0.05) is 24.2 Å². The summed E-state index contributed by atoms with van der Waals surface area (Å²) in [4.78, 5) is 2.92. The van der Waals surface area contributed by atoms with Crippen LogP contribution in [0.15, 0.2) is 0 Å². The molecule has 0 spiro atoms. The maximum Gasteiger partial charge on any atom is 0.0283 e. The normalized spacial score (nSPS) is 28.9. The van der Waals surface area contributed by atoms with E-state index in [9.17, 15) is 0 Å². The van der Waals surface area contributed by atoms with Crippen LogP contribution in [0.1, 0.15) is 96.3 Å². The molecule has 2 heteroatoms. The molecule has 0 bridgehead atoms. The lowest BCUT2D eigenvalue weighted by Crippen LogP contribution is -2.57. The van der Waals surface area contributed by atoms with Crippen molar-refractivity contribution in [2.24, 2.45) is 5.73 Å². The highest BCUT2D eigenvalue weighted by Gasteiger charge is 2.36. The second-order valence-corrected chi connectivity index (χ2v) is 8.18. The van der Waals surface area contributed by atoms with Crippen LogP contribution in [0.4, 0.5) is 0 Å². The van der Waals surface area contributed by atoms with E-state index in [0.717, 1.165) is 12.1 Å². The fourth-order valence-corrected chi connectivity index (χ4v) is 5.16. The third kappa shape index (κ3) is 4.22. The van der Waals surface area contributed by atoms with Crippen molar-refractivity contribution in [3.63, 3.8) is 0 Å². The minimum atomic E-state index is 0.132. The Bertz CT molecular complexity index is 279. The Kier molecular flexibility index (Phi) is 5.61. The summed E-state index contributed by atoms with van der Waals surface area (Å²) in [5, 5.41) is 0. The van der Waals surface area contributed by atoms with E-state index in [0.29, 0.717) is 0 Å². The predicted octanol–water partition coefficient (Wildman–Crippen LogP) is 4.62. The first-order chi connectivity index (χ1) is 10.3. The Morgan fingerprint density at radius 3 is 1.57 bits per heavy atom. The van der Waals surface area contributed by atoms with Gasteiger partial charge in [0.25, 0.3) is 0 Å². The van der Waals surface area contributed by atoms with Gasteiger partial charge in [-0.15, -0.1) is 0 Å². The van der Waals surface area contributed by atoms with Gasteiger partial charge in [0.1, 0.15) is 0 Å². The Hall–Kier alpha value is -0.0800. The molecule has 0 aromatic carbocycles. The van der Waals surface area contributed by atoms with Gasteiger partial charge in [0.2, 0.25) is 0 Å². The zero-order chi connectivity index (χ0) is 14.5. The molecule has 0 aliphatic heterocycles. The first-order valence-corrected chi connectivity index (χ1v) is 9.81. The second-order valence-electron chi connectivity index (χ2n) is 8.18. The van der Waals surface area contributed by atoms with Crippen LogP contribution in [-0.4, -0.2) is 29.1 Å². The molecule has 21 heavy (non-hydrogen) atoms. The maximum absolute atomic E-state index is 6.83. The van der Waals surface area contributed by atoms with Crippen LogP contribution in [0.3, 0.4) is 0 Å². The van der Waals surface area contributed by atoms with E-state index in [1.807, 2.05) is 0 Å². The molecular weight excluding hydrogens is 256 g/mol. The molecular formula is C19H36N2. The summed E-state index contributed by atoms with van der Waals surface area (Å²) in [6, 6.07) is 1.70. The molecule has 3 saturated carbocycles. The summed E-state index contributed by atoms with van der Waals surface area (Å²) in [7, 11) is 0. The average Bonchev–Trinajstić information content (AvgIpc) is 2.55. The van der Waals surface area contributed by atoms with Crippen LogP contribution < -0.4 is 5.73 Å². The van der Waals surface area contributed by atoms with Crippen molar-refractivity contribution in [1.82, 2.24) is 4.90 Å². The van der Waals surface area contributed by atoms with Gasteiger partial charge in [-0.1, -0.05) is 57.8 Å². The summed E-state index contributed by atoms with van der Waals surface area (Å²) in [5.41, 5.74) is 6.96. The molecule has 0 amide bonds. The van der Waals surface area contributed by atoms with Crippen LogP contribution in [0.5, 0.6) is 0 Å². The molecule has 0 aromatic rings. The summed E-state index contributed by atoms with van der Waals surface area (Å²) in [5.74, 6) is 0. The lowest BCUT2D eigenvalue weighted by atomic mass is 9.80. The Labute approximate surface area is 131 Å². The van der Waals surface area contributed by atoms with Crippen LogP contribution >= 0.6 is 0 Å². The van der Waals surface area contributed by atoms with Crippen molar-refractivity contribution in [3.8, 4) is 0 Å². The molecule has 3 rings (SSSR count). The number of hydrogen-bond acceptors (Lipinski definition) is 2.